The Bertz CT molecular complexity index is 701. The maximum absolute atomic E-state index is 12.1. The number of aryl methyl sites for hydroxylation is 1. The fourth-order valence-electron chi connectivity index (χ4n) is 3.11. The maximum atomic E-state index is 12.1. The summed E-state index contributed by atoms with van der Waals surface area (Å²) in [5.41, 5.74) is 1.69. The maximum Gasteiger partial charge on any atom is 0.305 e. The molecule has 3 rings (SSSR count). The minimum absolute atomic E-state index is 0.0219. The SMILES string of the molecule is O=C(O)CC1(NC(=O)CCc2ccc3[nH]ccc3c2)CCC1. The van der Waals surface area contributed by atoms with E-state index in [-0.39, 0.29) is 12.3 Å². The van der Waals surface area contributed by atoms with Crippen LogP contribution in [0.25, 0.3) is 10.9 Å². The van der Waals surface area contributed by atoms with Crippen LogP contribution < -0.4 is 5.32 Å². The molecule has 1 saturated carbocycles. The molecule has 3 N–H and O–H groups in total. The summed E-state index contributed by atoms with van der Waals surface area (Å²) in [6.45, 7) is 0. The number of fused-ring (bicyclic) bond motifs is 1. The van der Waals surface area contributed by atoms with Crippen LogP contribution in [0.1, 0.15) is 37.7 Å². The number of benzene rings is 1. The highest BCUT2D eigenvalue weighted by Gasteiger charge is 2.40. The van der Waals surface area contributed by atoms with Gasteiger partial charge in [-0.3, -0.25) is 9.59 Å². The fourth-order valence-corrected chi connectivity index (χ4v) is 3.11. The number of amides is 1. The smallest absolute Gasteiger partial charge is 0.305 e. The van der Waals surface area contributed by atoms with Crippen molar-refractivity contribution in [3.63, 3.8) is 0 Å². The van der Waals surface area contributed by atoms with Crippen molar-refractivity contribution >= 4 is 22.8 Å². The second kappa shape index (κ2) is 5.83. The van der Waals surface area contributed by atoms with Crippen molar-refractivity contribution in [2.24, 2.45) is 0 Å². The van der Waals surface area contributed by atoms with Crippen LogP contribution in [0.4, 0.5) is 0 Å². The number of carbonyl (C=O) groups excluding carboxylic acids is 1. The summed E-state index contributed by atoms with van der Waals surface area (Å²) in [5, 5.41) is 13.0. The van der Waals surface area contributed by atoms with Crippen LogP contribution in [0.5, 0.6) is 0 Å². The van der Waals surface area contributed by atoms with Gasteiger partial charge in [-0.05, 0) is 54.8 Å². The summed E-state index contributed by atoms with van der Waals surface area (Å²) in [7, 11) is 0. The number of aliphatic carboxylic acids is 1. The van der Waals surface area contributed by atoms with Crippen molar-refractivity contribution in [2.75, 3.05) is 0 Å². The first-order valence-corrected chi connectivity index (χ1v) is 7.65. The zero-order chi connectivity index (χ0) is 15.6. The third-order valence-electron chi connectivity index (χ3n) is 4.46. The molecule has 1 aromatic carbocycles. The molecule has 0 saturated heterocycles. The molecule has 1 heterocycles. The Kier molecular flexibility index (Phi) is 3.88. The molecule has 0 aliphatic heterocycles. The van der Waals surface area contributed by atoms with E-state index in [1.54, 1.807) is 0 Å². The zero-order valence-electron chi connectivity index (χ0n) is 12.4. The first-order valence-electron chi connectivity index (χ1n) is 7.65. The van der Waals surface area contributed by atoms with Crippen LogP contribution in [0.2, 0.25) is 0 Å². The van der Waals surface area contributed by atoms with Gasteiger partial charge in [0.1, 0.15) is 0 Å². The fraction of sp³-hybridized carbons (Fsp3) is 0.412. The lowest BCUT2D eigenvalue weighted by Crippen LogP contribution is -2.54. The van der Waals surface area contributed by atoms with E-state index in [1.165, 1.54) is 0 Å². The zero-order valence-corrected chi connectivity index (χ0v) is 12.4. The minimum Gasteiger partial charge on any atom is -0.481 e. The predicted octanol–water partition coefficient (Wildman–Crippen LogP) is 2.61. The number of carbonyl (C=O) groups is 2. The number of rotatable bonds is 6. The lowest BCUT2D eigenvalue weighted by molar-refractivity contribution is -0.140. The number of aromatic nitrogens is 1. The number of aromatic amines is 1. The summed E-state index contributed by atoms with van der Waals surface area (Å²) in [6, 6.07) is 8.12. The molecule has 0 unspecified atom stereocenters. The quantitative estimate of drug-likeness (QED) is 0.767. The number of carboxylic acid groups (broad SMARTS) is 1. The van der Waals surface area contributed by atoms with E-state index < -0.39 is 11.5 Å². The number of carboxylic acids is 1. The third kappa shape index (κ3) is 3.13. The molecular weight excluding hydrogens is 280 g/mol. The predicted molar refractivity (Wildman–Crippen MR) is 83.6 cm³/mol. The van der Waals surface area contributed by atoms with E-state index in [1.807, 2.05) is 24.4 Å². The van der Waals surface area contributed by atoms with Crippen molar-refractivity contribution in [3.8, 4) is 0 Å². The Morgan fingerprint density at radius 3 is 2.77 bits per heavy atom. The first-order chi connectivity index (χ1) is 10.6. The molecule has 22 heavy (non-hydrogen) atoms. The molecule has 1 fully saturated rings. The van der Waals surface area contributed by atoms with E-state index in [0.717, 1.165) is 35.7 Å². The second-order valence-electron chi connectivity index (χ2n) is 6.15. The second-order valence-corrected chi connectivity index (χ2v) is 6.15. The highest BCUT2D eigenvalue weighted by atomic mass is 16.4. The lowest BCUT2D eigenvalue weighted by atomic mass is 9.74. The van der Waals surface area contributed by atoms with Crippen molar-refractivity contribution in [1.29, 1.82) is 0 Å². The van der Waals surface area contributed by atoms with E-state index in [0.29, 0.717) is 12.8 Å². The molecule has 1 aliphatic carbocycles. The van der Waals surface area contributed by atoms with Crippen molar-refractivity contribution in [1.82, 2.24) is 10.3 Å². The van der Waals surface area contributed by atoms with Gasteiger partial charge in [-0.2, -0.15) is 0 Å². The molecule has 0 bridgehead atoms. The first kappa shape index (κ1) is 14.6. The molecule has 116 valence electrons. The van der Waals surface area contributed by atoms with Crippen LogP contribution in [-0.2, 0) is 16.0 Å². The van der Waals surface area contributed by atoms with Crippen molar-refractivity contribution in [3.05, 3.63) is 36.0 Å². The molecule has 5 nitrogen and oxygen atoms in total. The molecule has 0 atom stereocenters. The van der Waals surface area contributed by atoms with Crippen LogP contribution in [0.3, 0.4) is 0 Å². The molecular formula is C17H20N2O3. The lowest BCUT2D eigenvalue weighted by Gasteiger charge is -2.41. The topological polar surface area (TPSA) is 82.2 Å². The Morgan fingerprint density at radius 2 is 2.09 bits per heavy atom. The van der Waals surface area contributed by atoms with E-state index >= 15 is 0 Å². The number of hydrogen-bond acceptors (Lipinski definition) is 2. The van der Waals surface area contributed by atoms with Gasteiger partial charge in [0.25, 0.3) is 0 Å². The van der Waals surface area contributed by atoms with Crippen molar-refractivity contribution < 1.29 is 14.7 Å². The Morgan fingerprint density at radius 1 is 1.27 bits per heavy atom. The Balaban J connectivity index is 1.56. The summed E-state index contributed by atoms with van der Waals surface area (Å²) in [4.78, 5) is 26.2. The van der Waals surface area contributed by atoms with E-state index in [4.69, 9.17) is 5.11 Å². The summed E-state index contributed by atoms with van der Waals surface area (Å²) in [5.74, 6) is -0.909. The molecule has 2 aromatic rings. The van der Waals surface area contributed by atoms with Gasteiger partial charge in [0.2, 0.25) is 5.91 Å². The normalized spacial score (nSPS) is 16.2. The van der Waals surface area contributed by atoms with Crippen LogP contribution in [0.15, 0.2) is 30.5 Å². The molecule has 0 radical (unpaired) electrons. The standard InChI is InChI=1S/C17H20N2O3/c20-15(19-17(7-1-8-17)11-16(21)22)5-3-12-2-4-14-13(10-12)6-9-18-14/h2,4,6,9-10,18H,1,3,5,7-8,11H2,(H,19,20)(H,21,22). The van der Waals surface area contributed by atoms with Crippen LogP contribution >= 0.6 is 0 Å². The van der Waals surface area contributed by atoms with Gasteiger partial charge in [0.15, 0.2) is 0 Å². The largest absolute Gasteiger partial charge is 0.481 e. The highest BCUT2D eigenvalue weighted by Crippen LogP contribution is 2.35. The average Bonchev–Trinajstić information content (AvgIpc) is 2.89. The Hall–Kier alpha value is -2.30. The van der Waals surface area contributed by atoms with E-state index in [9.17, 15) is 9.59 Å². The minimum atomic E-state index is -0.849. The van der Waals surface area contributed by atoms with Crippen LogP contribution in [0, 0.1) is 0 Å². The van der Waals surface area contributed by atoms with Gasteiger partial charge in [-0.1, -0.05) is 6.07 Å². The third-order valence-corrected chi connectivity index (χ3v) is 4.46. The monoisotopic (exact) mass is 300 g/mol. The molecule has 0 spiro atoms. The highest BCUT2D eigenvalue weighted by molar-refractivity contribution is 5.81. The average molecular weight is 300 g/mol. The number of H-pyrrole nitrogens is 1. The van der Waals surface area contributed by atoms with Gasteiger partial charge < -0.3 is 15.4 Å². The molecule has 1 aromatic heterocycles. The summed E-state index contributed by atoms with van der Waals surface area (Å²) < 4.78 is 0. The Labute approximate surface area is 128 Å². The summed E-state index contributed by atoms with van der Waals surface area (Å²) >= 11 is 0. The molecule has 1 aliphatic rings. The van der Waals surface area contributed by atoms with Crippen LogP contribution in [-0.4, -0.2) is 27.5 Å². The van der Waals surface area contributed by atoms with Gasteiger partial charge in [0, 0.05) is 18.1 Å². The van der Waals surface area contributed by atoms with Gasteiger partial charge in [0.05, 0.1) is 12.0 Å². The summed E-state index contributed by atoms with van der Waals surface area (Å²) in [6.07, 6.45) is 5.48. The van der Waals surface area contributed by atoms with Gasteiger partial charge >= 0.3 is 5.97 Å². The number of hydrogen-bond donors (Lipinski definition) is 3. The molecule has 1 amide bonds. The van der Waals surface area contributed by atoms with Gasteiger partial charge in [-0.15, -0.1) is 0 Å². The molecule has 5 heteroatoms. The van der Waals surface area contributed by atoms with Crippen molar-refractivity contribution in [2.45, 2.75) is 44.1 Å². The van der Waals surface area contributed by atoms with E-state index in [2.05, 4.69) is 16.4 Å². The van der Waals surface area contributed by atoms with Gasteiger partial charge in [-0.25, -0.2) is 0 Å². The number of nitrogens with one attached hydrogen (secondary N) is 2.